The summed E-state index contributed by atoms with van der Waals surface area (Å²) in [6.45, 7) is 2.01. The van der Waals surface area contributed by atoms with E-state index in [1.54, 1.807) is 4.90 Å². The van der Waals surface area contributed by atoms with Crippen molar-refractivity contribution in [3.8, 4) is 0 Å². The maximum Gasteiger partial charge on any atom is 0.406 e. The standard InChI is InChI=1S/C15H24F3NO2/c1-2-3-11-4-6-12(7-5-11)19-9-8-14(10-19,13(20)21)15(16,17)18/h11-12H,2-10H2,1H3,(H,20,21). The van der Waals surface area contributed by atoms with Gasteiger partial charge in [0.25, 0.3) is 0 Å². The molecule has 122 valence electrons. The molecule has 1 saturated carbocycles. The fourth-order valence-electron chi connectivity index (χ4n) is 3.89. The number of nitrogens with zero attached hydrogens (tertiary/aromatic N) is 1. The minimum atomic E-state index is -4.67. The number of carboxylic acids is 1. The molecule has 3 nitrogen and oxygen atoms in total. The Balaban J connectivity index is 1.98. The van der Waals surface area contributed by atoms with Crippen molar-refractivity contribution in [2.45, 2.75) is 64.1 Å². The van der Waals surface area contributed by atoms with Crippen molar-refractivity contribution in [2.75, 3.05) is 13.1 Å². The molecule has 2 fully saturated rings. The van der Waals surface area contributed by atoms with Crippen LogP contribution in [0.2, 0.25) is 0 Å². The zero-order valence-electron chi connectivity index (χ0n) is 12.5. The molecule has 0 amide bonds. The predicted molar refractivity (Wildman–Crippen MR) is 73.0 cm³/mol. The van der Waals surface area contributed by atoms with Gasteiger partial charge in [0.2, 0.25) is 0 Å². The van der Waals surface area contributed by atoms with Gasteiger partial charge in [0.15, 0.2) is 5.41 Å². The van der Waals surface area contributed by atoms with Gasteiger partial charge < -0.3 is 5.11 Å². The monoisotopic (exact) mass is 307 g/mol. The van der Waals surface area contributed by atoms with Crippen LogP contribution < -0.4 is 0 Å². The van der Waals surface area contributed by atoms with E-state index in [1.807, 2.05) is 0 Å². The number of hydrogen-bond acceptors (Lipinski definition) is 2. The van der Waals surface area contributed by atoms with Gasteiger partial charge in [-0.2, -0.15) is 13.2 Å². The summed E-state index contributed by atoms with van der Waals surface area (Å²) in [6.07, 6.45) is 1.26. The van der Waals surface area contributed by atoms with E-state index in [4.69, 9.17) is 5.11 Å². The number of aliphatic carboxylic acids is 1. The highest BCUT2D eigenvalue weighted by molar-refractivity contribution is 5.76. The second-order valence-electron chi connectivity index (χ2n) is 6.57. The van der Waals surface area contributed by atoms with Crippen LogP contribution in [-0.2, 0) is 4.79 Å². The average Bonchev–Trinajstić information content (AvgIpc) is 2.86. The highest BCUT2D eigenvalue weighted by atomic mass is 19.4. The first kappa shape index (κ1) is 16.6. The molecular weight excluding hydrogens is 283 g/mol. The van der Waals surface area contributed by atoms with Crippen molar-refractivity contribution < 1.29 is 23.1 Å². The van der Waals surface area contributed by atoms with Gasteiger partial charge in [0, 0.05) is 12.6 Å². The first-order chi connectivity index (χ1) is 9.80. The molecule has 0 aromatic heterocycles. The van der Waals surface area contributed by atoms with Crippen molar-refractivity contribution in [3.05, 3.63) is 0 Å². The van der Waals surface area contributed by atoms with E-state index in [9.17, 15) is 18.0 Å². The first-order valence-electron chi connectivity index (χ1n) is 7.84. The molecule has 1 N–H and O–H groups in total. The van der Waals surface area contributed by atoms with Crippen LogP contribution in [0.5, 0.6) is 0 Å². The number of carbonyl (C=O) groups is 1. The number of carboxylic acid groups (broad SMARTS) is 1. The minimum Gasteiger partial charge on any atom is -0.481 e. The van der Waals surface area contributed by atoms with Crippen molar-refractivity contribution in [2.24, 2.45) is 11.3 Å². The summed E-state index contributed by atoms with van der Waals surface area (Å²) in [5.74, 6) is -1.03. The van der Waals surface area contributed by atoms with Crippen LogP contribution in [0.25, 0.3) is 0 Å². The topological polar surface area (TPSA) is 40.5 Å². The third-order valence-corrected chi connectivity index (χ3v) is 5.28. The highest BCUT2D eigenvalue weighted by Gasteiger charge is 2.64. The summed E-state index contributed by atoms with van der Waals surface area (Å²) in [7, 11) is 0. The van der Waals surface area contributed by atoms with Gasteiger partial charge >= 0.3 is 12.1 Å². The molecule has 21 heavy (non-hydrogen) atoms. The normalized spacial score (nSPS) is 35.0. The maximum absolute atomic E-state index is 13.2. The molecule has 1 heterocycles. The quantitative estimate of drug-likeness (QED) is 0.861. The Hall–Kier alpha value is -0.780. The molecule has 1 atom stereocenters. The Morgan fingerprint density at radius 2 is 1.90 bits per heavy atom. The van der Waals surface area contributed by atoms with Crippen LogP contribution in [0, 0.1) is 11.3 Å². The van der Waals surface area contributed by atoms with Crippen molar-refractivity contribution >= 4 is 5.97 Å². The number of halogens is 3. The van der Waals surface area contributed by atoms with Gasteiger partial charge in [-0.25, -0.2) is 0 Å². The van der Waals surface area contributed by atoms with Crippen LogP contribution in [0.15, 0.2) is 0 Å². The Labute approximate surface area is 123 Å². The Bertz CT molecular complexity index is 378. The van der Waals surface area contributed by atoms with E-state index < -0.39 is 17.6 Å². The lowest BCUT2D eigenvalue weighted by Gasteiger charge is -2.35. The molecule has 1 aliphatic heterocycles. The highest BCUT2D eigenvalue weighted by Crippen LogP contribution is 2.47. The molecule has 1 unspecified atom stereocenters. The summed E-state index contributed by atoms with van der Waals surface area (Å²) in [5, 5.41) is 9.08. The first-order valence-corrected chi connectivity index (χ1v) is 7.84. The second kappa shape index (κ2) is 6.15. The van der Waals surface area contributed by atoms with Crippen molar-refractivity contribution in [1.29, 1.82) is 0 Å². The van der Waals surface area contributed by atoms with Crippen LogP contribution >= 0.6 is 0 Å². The molecule has 2 rings (SSSR count). The molecule has 0 aromatic rings. The third kappa shape index (κ3) is 3.20. The fourth-order valence-corrected chi connectivity index (χ4v) is 3.89. The minimum absolute atomic E-state index is 0.127. The van der Waals surface area contributed by atoms with Gasteiger partial charge in [0.1, 0.15) is 0 Å². The lowest BCUT2D eigenvalue weighted by atomic mass is 9.82. The summed E-state index contributed by atoms with van der Waals surface area (Å²) in [6, 6.07) is 0.127. The van der Waals surface area contributed by atoms with E-state index in [1.165, 1.54) is 6.42 Å². The fraction of sp³-hybridized carbons (Fsp3) is 0.933. The Morgan fingerprint density at radius 3 is 2.33 bits per heavy atom. The molecule has 0 bridgehead atoms. The number of hydrogen-bond donors (Lipinski definition) is 1. The molecular formula is C15H24F3NO2. The number of rotatable bonds is 4. The van der Waals surface area contributed by atoms with Gasteiger partial charge in [-0.3, -0.25) is 9.69 Å². The maximum atomic E-state index is 13.2. The Kier molecular flexibility index (Phi) is 4.85. The van der Waals surface area contributed by atoms with E-state index in [0.29, 0.717) is 5.92 Å². The van der Waals surface area contributed by atoms with Gasteiger partial charge in [0.05, 0.1) is 0 Å². The van der Waals surface area contributed by atoms with E-state index in [0.717, 1.165) is 32.1 Å². The van der Waals surface area contributed by atoms with Gasteiger partial charge in [-0.1, -0.05) is 19.8 Å². The van der Waals surface area contributed by atoms with Crippen LogP contribution in [-0.4, -0.2) is 41.3 Å². The zero-order chi connectivity index (χ0) is 15.7. The zero-order valence-corrected chi connectivity index (χ0v) is 12.5. The largest absolute Gasteiger partial charge is 0.481 e. The lowest BCUT2D eigenvalue weighted by molar-refractivity contribution is -0.228. The van der Waals surface area contributed by atoms with Crippen LogP contribution in [0.1, 0.15) is 51.9 Å². The van der Waals surface area contributed by atoms with E-state index in [2.05, 4.69) is 6.92 Å². The molecule has 6 heteroatoms. The molecule has 0 aromatic carbocycles. The second-order valence-corrected chi connectivity index (χ2v) is 6.57. The summed E-state index contributed by atoms with van der Waals surface area (Å²) < 4.78 is 39.5. The molecule has 1 saturated heterocycles. The van der Waals surface area contributed by atoms with Crippen molar-refractivity contribution in [3.63, 3.8) is 0 Å². The predicted octanol–water partition coefficient (Wildman–Crippen LogP) is 3.68. The number of likely N-dealkylation sites (tertiary alicyclic amines) is 1. The lowest BCUT2D eigenvalue weighted by Crippen LogP contribution is -2.48. The number of alkyl halides is 3. The molecule has 1 aliphatic carbocycles. The summed E-state index contributed by atoms with van der Waals surface area (Å²) in [5.41, 5.74) is -2.56. The van der Waals surface area contributed by atoms with E-state index >= 15 is 0 Å². The van der Waals surface area contributed by atoms with E-state index in [-0.39, 0.29) is 25.6 Å². The average molecular weight is 307 g/mol. The third-order valence-electron chi connectivity index (χ3n) is 5.28. The summed E-state index contributed by atoms with van der Waals surface area (Å²) in [4.78, 5) is 13.0. The molecule has 0 spiro atoms. The molecule has 2 aliphatic rings. The molecule has 0 radical (unpaired) electrons. The SMILES string of the molecule is CCCC1CCC(N2CCC(C(=O)O)(C(F)(F)F)C2)CC1. The van der Waals surface area contributed by atoms with Gasteiger partial charge in [-0.15, -0.1) is 0 Å². The van der Waals surface area contributed by atoms with Crippen LogP contribution in [0.4, 0.5) is 13.2 Å². The Morgan fingerprint density at radius 1 is 1.29 bits per heavy atom. The van der Waals surface area contributed by atoms with Gasteiger partial charge in [-0.05, 0) is 44.6 Å². The summed E-state index contributed by atoms with van der Waals surface area (Å²) >= 11 is 0. The smallest absolute Gasteiger partial charge is 0.406 e. The van der Waals surface area contributed by atoms with Crippen LogP contribution in [0.3, 0.4) is 0 Å². The van der Waals surface area contributed by atoms with Crippen molar-refractivity contribution in [1.82, 2.24) is 4.90 Å².